The topological polar surface area (TPSA) is 59.4 Å². The zero-order valence-electron chi connectivity index (χ0n) is 13.9. The Labute approximate surface area is 151 Å². The molecule has 3 aliphatic rings. The summed E-state index contributed by atoms with van der Waals surface area (Å²) < 4.78 is 7.24. The molecule has 6 nitrogen and oxygen atoms in total. The van der Waals surface area contributed by atoms with Crippen LogP contribution < -0.4 is 10.1 Å². The molecule has 0 aliphatic carbocycles. The van der Waals surface area contributed by atoms with E-state index in [2.05, 4.69) is 15.3 Å². The van der Waals surface area contributed by atoms with Gasteiger partial charge in [-0.2, -0.15) is 5.10 Å². The van der Waals surface area contributed by atoms with E-state index in [-0.39, 0.29) is 18.7 Å². The summed E-state index contributed by atoms with van der Waals surface area (Å²) in [7, 11) is 0. The third-order valence-corrected chi connectivity index (χ3v) is 5.24. The number of carbonyl (C=O) groups is 1. The van der Waals surface area contributed by atoms with Crippen LogP contribution in [0.15, 0.2) is 36.5 Å². The van der Waals surface area contributed by atoms with Crippen molar-refractivity contribution < 1.29 is 9.53 Å². The highest BCUT2D eigenvalue weighted by Crippen LogP contribution is 2.27. The number of ether oxygens (including phenoxy) is 1. The maximum Gasteiger partial charge on any atom is 0.272 e. The first-order chi connectivity index (χ1) is 12.2. The lowest BCUT2D eigenvalue weighted by atomic mass is 9.84. The number of hydrogen-bond donors (Lipinski definition) is 1. The first-order valence-corrected chi connectivity index (χ1v) is 9.00. The fourth-order valence-electron chi connectivity index (χ4n) is 3.62. The molecule has 1 atom stereocenters. The maximum atomic E-state index is 12.5. The first kappa shape index (κ1) is 16.4. The van der Waals surface area contributed by atoms with E-state index >= 15 is 0 Å². The van der Waals surface area contributed by atoms with Crippen LogP contribution in [0.4, 0.5) is 0 Å². The van der Waals surface area contributed by atoms with E-state index in [0.29, 0.717) is 22.4 Å². The third-order valence-electron chi connectivity index (χ3n) is 5.01. The number of fused-ring (bicyclic) bond motifs is 3. The number of carbonyl (C=O) groups excluding carboxylic acids is 1. The molecule has 3 aliphatic heterocycles. The SMILES string of the molecule is O=C(NC1CN2CCC1CC2)c1ccn(COc2cccc(Cl)c2)n1. The molecule has 1 unspecified atom stereocenters. The molecule has 4 heterocycles. The van der Waals surface area contributed by atoms with Gasteiger partial charge in [0, 0.05) is 23.8 Å². The van der Waals surface area contributed by atoms with Crippen LogP contribution in [0.1, 0.15) is 23.3 Å². The summed E-state index contributed by atoms with van der Waals surface area (Å²) in [4.78, 5) is 14.9. The lowest BCUT2D eigenvalue weighted by Crippen LogP contribution is -2.57. The molecule has 2 bridgehead atoms. The van der Waals surface area contributed by atoms with E-state index in [1.165, 1.54) is 12.8 Å². The van der Waals surface area contributed by atoms with E-state index < -0.39 is 0 Å². The monoisotopic (exact) mass is 360 g/mol. The Bertz CT molecular complexity index is 755. The molecule has 132 valence electrons. The molecule has 1 amide bonds. The highest BCUT2D eigenvalue weighted by atomic mass is 35.5. The standard InChI is InChI=1S/C18H21ClN4O2/c19-14-2-1-3-15(10-14)25-12-23-9-6-16(21-23)18(24)20-17-11-22-7-4-13(17)5-8-22/h1-3,6,9-10,13,17H,4-5,7-8,11-12H2,(H,20,24). The number of rotatable bonds is 5. The van der Waals surface area contributed by atoms with Crippen molar-refractivity contribution in [1.82, 2.24) is 20.0 Å². The summed E-state index contributed by atoms with van der Waals surface area (Å²) in [6.45, 7) is 3.50. The molecule has 25 heavy (non-hydrogen) atoms. The van der Waals surface area contributed by atoms with Gasteiger partial charge >= 0.3 is 0 Å². The van der Waals surface area contributed by atoms with Gasteiger partial charge in [-0.15, -0.1) is 0 Å². The summed E-state index contributed by atoms with van der Waals surface area (Å²) in [5, 5.41) is 8.08. The molecule has 3 fully saturated rings. The van der Waals surface area contributed by atoms with E-state index in [4.69, 9.17) is 16.3 Å². The van der Waals surface area contributed by atoms with Crippen LogP contribution in [0.5, 0.6) is 5.75 Å². The minimum Gasteiger partial charge on any atom is -0.471 e. The predicted octanol–water partition coefficient (Wildman–Crippen LogP) is 2.40. The molecule has 1 aromatic carbocycles. The van der Waals surface area contributed by atoms with E-state index in [9.17, 15) is 4.79 Å². The maximum absolute atomic E-state index is 12.5. The van der Waals surface area contributed by atoms with Gasteiger partial charge in [-0.3, -0.25) is 4.79 Å². The fraction of sp³-hybridized carbons (Fsp3) is 0.444. The largest absolute Gasteiger partial charge is 0.471 e. The fourth-order valence-corrected chi connectivity index (χ4v) is 3.80. The number of aromatic nitrogens is 2. The smallest absolute Gasteiger partial charge is 0.272 e. The van der Waals surface area contributed by atoms with Crippen LogP contribution in [-0.2, 0) is 6.73 Å². The molecule has 0 radical (unpaired) electrons. The lowest BCUT2D eigenvalue weighted by Gasteiger charge is -2.44. The van der Waals surface area contributed by atoms with Crippen LogP contribution in [0.3, 0.4) is 0 Å². The summed E-state index contributed by atoms with van der Waals surface area (Å²) in [5.41, 5.74) is 0.422. The highest BCUT2D eigenvalue weighted by Gasteiger charge is 2.35. The van der Waals surface area contributed by atoms with Crippen LogP contribution in [0.2, 0.25) is 5.02 Å². The number of hydrogen-bond acceptors (Lipinski definition) is 4. The van der Waals surface area contributed by atoms with Gasteiger partial charge in [0.1, 0.15) is 11.4 Å². The highest BCUT2D eigenvalue weighted by molar-refractivity contribution is 6.30. The molecule has 7 heteroatoms. The average Bonchev–Trinajstić information content (AvgIpc) is 3.10. The molecule has 1 N–H and O–H groups in total. The molecule has 1 aromatic heterocycles. The summed E-state index contributed by atoms with van der Waals surface area (Å²) in [6, 6.07) is 9.15. The Morgan fingerprint density at radius 1 is 1.32 bits per heavy atom. The van der Waals surface area contributed by atoms with Gasteiger partial charge in [0.2, 0.25) is 0 Å². The molecule has 0 saturated carbocycles. The first-order valence-electron chi connectivity index (χ1n) is 8.62. The molecular weight excluding hydrogens is 340 g/mol. The Kier molecular flexibility index (Phi) is 4.63. The normalized spacial score (nSPS) is 24.9. The van der Waals surface area contributed by atoms with Crippen molar-refractivity contribution >= 4 is 17.5 Å². The Hall–Kier alpha value is -2.05. The summed E-state index contributed by atoms with van der Waals surface area (Å²) in [5.74, 6) is 1.16. The minimum atomic E-state index is -0.111. The Balaban J connectivity index is 1.33. The second-order valence-electron chi connectivity index (χ2n) is 6.69. The second kappa shape index (κ2) is 7.06. The Morgan fingerprint density at radius 3 is 2.88 bits per heavy atom. The van der Waals surface area contributed by atoms with Crippen molar-refractivity contribution in [3.05, 3.63) is 47.2 Å². The van der Waals surface area contributed by atoms with Gasteiger partial charge in [0.25, 0.3) is 5.91 Å². The minimum absolute atomic E-state index is 0.111. The van der Waals surface area contributed by atoms with Crippen LogP contribution in [0.25, 0.3) is 0 Å². The molecule has 3 saturated heterocycles. The number of halogens is 1. The zero-order valence-corrected chi connectivity index (χ0v) is 14.7. The molecule has 2 aromatic rings. The number of piperidine rings is 3. The van der Waals surface area contributed by atoms with Crippen molar-refractivity contribution in [1.29, 1.82) is 0 Å². The van der Waals surface area contributed by atoms with Gasteiger partial charge < -0.3 is 15.0 Å². The van der Waals surface area contributed by atoms with E-state index in [0.717, 1.165) is 19.6 Å². The number of nitrogens with zero attached hydrogens (tertiary/aromatic N) is 3. The van der Waals surface area contributed by atoms with E-state index in [1.807, 2.05) is 12.1 Å². The lowest BCUT2D eigenvalue weighted by molar-refractivity contribution is 0.0617. The van der Waals surface area contributed by atoms with Crippen molar-refractivity contribution in [2.45, 2.75) is 25.6 Å². The molecular formula is C18H21ClN4O2. The van der Waals surface area contributed by atoms with Crippen molar-refractivity contribution in [3.63, 3.8) is 0 Å². The van der Waals surface area contributed by atoms with Crippen LogP contribution in [0, 0.1) is 5.92 Å². The average molecular weight is 361 g/mol. The Morgan fingerprint density at radius 2 is 2.16 bits per heavy atom. The van der Waals surface area contributed by atoms with Gasteiger partial charge in [0.15, 0.2) is 6.73 Å². The predicted molar refractivity (Wildman–Crippen MR) is 94.7 cm³/mol. The van der Waals surface area contributed by atoms with Gasteiger partial charge in [-0.1, -0.05) is 17.7 Å². The summed E-state index contributed by atoms with van der Waals surface area (Å²) >= 11 is 5.93. The van der Waals surface area contributed by atoms with Crippen molar-refractivity contribution in [2.75, 3.05) is 19.6 Å². The van der Waals surface area contributed by atoms with Crippen molar-refractivity contribution in [2.24, 2.45) is 5.92 Å². The zero-order chi connectivity index (χ0) is 17.2. The van der Waals surface area contributed by atoms with E-state index in [1.54, 1.807) is 29.1 Å². The quantitative estimate of drug-likeness (QED) is 0.889. The van der Waals surface area contributed by atoms with Gasteiger partial charge in [0.05, 0.1) is 0 Å². The number of benzene rings is 1. The third kappa shape index (κ3) is 3.80. The van der Waals surface area contributed by atoms with Crippen molar-refractivity contribution in [3.8, 4) is 5.75 Å². The van der Waals surface area contributed by atoms with Crippen LogP contribution >= 0.6 is 11.6 Å². The van der Waals surface area contributed by atoms with Crippen LogP contribution in [-0.4, -0.2) is 46.3 Å². The molecule has 0 spiro atoms. The van der Waals surface area contributed by atoms with Gasteiger partial charge in [-0.05, 0) is 56.1 Å². The molecule has 5 rings (SSSR count). The number of nitrogens with one attached hydrogen (secondary N) is 1. The second-order valence-corrected chi connectivity index (χ2v) is 7.13. The number of amides is 1. The van der Waals surface area contributed by atoms with Gasteiger partial charge in [-0.25, -0.2) is 4.68 Å². The summed E-state index contributed by atoms with van der Waals surface area (Å²) in [6.07, 6.45) is 4.09.